The van der Waals surface area contributed by atoms with Crippen LogP contribution in [-0.4, -0.2) is 0 Å². The third-order valence-electron chi connectivity index (χ3n) is 3.11. The first-order valence-electron chi connectivity index (χ1n) is 6.07. The number of hydrogen-bond donors (Lipinski definition) is 2. The van der Waals surface area contributed by atoms with Crippen LogP contribution in [0.4, 0.5) is 4.39 Å². The van der Waals surface area contributed by atoms with Crippen LogP contribution in [0.1, 0.15) is 22.7 Å². The number of rotatable bonds is 4. The van der Waals surface area contributed by atoms with Crippen molar-refractivity contribution in [1.29, 1.82) is 0 Å². The highest BCUT2D eigenvalue weighted by atomic mass is 79.9. The zero-order chi connectivity index (χ0) is 13.8. The number of benzene rings is 2. The number of halogens is 2. The second-order valence-electron chi connectivity index (χ2n) is 4.54. The van der Waals surface area contributed by atoms with Gasteiger partial charge in [0.1, 0.15) is 5.82 Å². The third kappa shape index (κ3) is 3.41. The molecule has 0 saturated carbocycles. The van der Waals surface area contributed by atoms with E-state index in [4.69, 9.17) is 5.84 Å². The minimum Gasteiger partial charge on any atom is -0.271 e. The Hall–Kier alpha value is -1.23. The van der Waals surface area contributed by atoms with Crippen molar-refractivity contribution >= 4 is 15.9 Å². The summed E-state index contributed by atoms with van der Waals surface area (Å²) in [6.07, 6.45) is 0.635. The smallest absolute Gasteiger partial charge is 0.129 e. The van der Waals surface area contributed by atoms with Gasteiger partial charge in [-0.15, -0.1) is 0 Å². The van der Waals surface area contributed by atoms with Crippen LogP contribution < -0.4 is 11.3 Å². The van der Waals surface area contributed by atoms with Crippen LogP contribution in [-0.2, 0) is 6.42 Å². The van der Waals surface area contributed by atoms with Gasteiger partial charge in [0.15, 0.2) is 0 Å². The summed E-state index contributed by atoms with van der Waals surface area (Å²) in [5, 5.41) is 0. The Balaban J connectivity index is 2.27. The van der Waals surface area contributed by atoms with Crippen LogP contribution in [0, 0.1) is 12.7 Å². The van der Waals surface area contributed by atoms with Gasteiger partial charge in [-0.3, -0.25) is 11.3 Å². The lowest BCUT2D eigenvalue weighted by molar-refractivity contribution is 0.508. The summed E-state index contributed by atoms with van der Waals surface area (Å²) in [5.74, 6) is 5.32. The summed E-state index contributed by atoms with van der Waals surface area (Å²) < 4.78 is 14.7. The SMILES string of the molecule is Cc1ccc(CC(NN)c2c(F)cccc2Br)cc1. The van der Waals surface area contributed by atoms with Crippen LogP contribution in [0.5, 0.6) is 0 Å². The molecule has 0 aromatic heterocycles. The van der Waals surface area contributed by atoms with Crippen molar-refractivity contribution in [3.63, 3.8) is 0 Å². The predicted molar refractivity (Wildman–Crippen MR) is 79.0 cm³/mol. The predicted octanol–water partition coefficient (Wildman–Crippen LogP) is 3.64. The first kappa shape index (κ1) is 14.2. The van der Waals surface area contributed by atoms with E-state index in [0.717, 1.165) is 10.0 Å². The van der Waals surface area contributed by atoms with Gasteiger partial charge in [0.2, 0.25) is 0 Å². The molecule has 2 aromatic carbocycles. The van der Waals surface area contributed by atoms with Crippen molar-refractivity contribution < 1.29 is 4.39 Å². The largest absolute Gasteiger partial charge is 0.271 e. The maximum absolute atomic E-state index is 13.9. The van der Waals surface area contributed by atoms with E-state index in [9.17, 15) is 4.39 Å². The fourth-order valence-corrected chi connectivity index (χ4v) is 2.67. The highest BCUT2D eigenvalue weighted by Crippen LogP contribution is 2.28. The van der Waals surface area contributed by atoms with Crippen LogP contribution >= 0.6 is 15.9 Å². The van der Waals surface area contributed by atoms with Crippen LogP contribution in [0.2, 0.25) is 0 Å². The minimum absolute atomic E-state index is 0.260. The van der Waals surface area contributed by atoms with Crippen molar-refractivity contribution in [2.24, 2.45) is 5.84 Å². The molecule has 3 N–H and O–H groups in total. The molecular formula is C15H16BrFN2. The minimum atomic E-state index is -0.265. The summed E-state index contributed by atoms with van der Waals surface area (Å²) in [6, 6.07) is 12.8. The lowest BCUT2D eigenvalue weighted by Crippen LogP contribution is -2.30. The van der Waals surface area contributed by atoms with E-state index in [1.165, 1.54) is 11.6 Å². The molecule has 0 heterocycles. The topological polar surface area (TPSA) is 38.0 Å². The number of nitrogens with two attached hydrogens (primary N) is 1. The first-order valence-corrected chi connectivity index (χ1v) is 6.86. The van der Waals surface area contributed by atoms with E-state index in [-0.39, 0.29) is 11.9 Å². The molecule has 0 aliphatic rings. The van der Waals surface area contributed by atoms with E-state index in [1.807, 2.05) is 37.3 Å². The second kappa shape index (κ2) is 6.28. The summed E-state index contributed by atoms with van der Waals surface area (Å²) in [5.41, 5.74) is 5.57. The highest BCUT2D eigenvalue weighted by Gasteiger charge is 2.17. The van der Waals surface area contributed by atoms with E-state index < -0.39 is 0 Å². The number of nitrogens with one attached hydrogen (secondary N) is 1. The molecule has 0 aliphatic carbocycles. The molecule has 0 fully saturated rings. The van der Waals surface area contributed by atoms with Gasteiger partial charge in [-0.25, -0.2) is 4.39 Å². The van der Waals surface area contributed by atoms with Crippen molar-refractivity contribution in [2.45, 2.75) is 19.4 Å². The van der Waals surface area contributed by atoms with Gasteiger partial charge in [-0.2, -0.15) is 0 Å². The summed E-state index contributed by atoms with van der Waals surface area (Å²) in [7, 11) is 0. The maximum atomic E-state index is 13.9. The van der Waals surface area contributed by atoms with E-state index in [0.29, 0.717) is 12.0 Å². The van der Waals surface area contributed by atoms with Gasteiger partial charge in [0.05, 0.1) is 6.04 Å². The Morgan fingerprint density at radius 1 is 1.21 bits per heavy atom. The Bertz CT molecular complexity index is 534. The van der Waals surface area contributed by atoms with Crippen molar-refractivity contribution in [2.75, 3.05) is 0 Å². The van der Waals surface area contributed by atoms with E-state index >= 15 is 0 Å². The Morgan fingerprint density at radius 3 is 2.47 bits per heavy atom. The zero-order valence-corrected chi connectivity index (χ0v) is 12.2. The Labute approximate surface area is 120 Å². The molecule has 2 aromatic rings. The van der Waals surface area contributed by atoms with Crippen LogP contribution in [0.3, 0.4) is 0 Å². The van der Waals surface area contributed by atoms with E-state index in [1.54, 1.807) is 6.07 Å². The standard InChI is InChI=1S/C15H16BrFN2/c1-10-5-7-11(8-6-10)9-14(19-18)15-12(16)3-2-4-13(15)17/h2-8,14,19H,9,18H2,1H3. The van der Waals surface area contributed by atoms with Gasteiger partial charge < -0.3 is 0 Å². The second-order valence-corrected chi connectivity index (χ2v) is 5.40. The molecule has 0 radical (unpaired) electrons. The van der Waals surface area contributed by atoms with Gasteiger partial charge in [-0.1, -0.05) is 51.8 Å². The molecule has 0 amide bonds. The van der Waals surface area contributed by atoms with Crippen molar-refractivity contribution in [3.8, 4) is 0 Å². The fraction of sp³-hybridized carbons (Fsp3) is 0.200. The molecule has 19 heavy (non-hydrogen) atoms. The summed E-state index contributed by atoms with van der Waals surface area (Å²) >= 11 is 3.38. The average molecular weight is 323 g/mol. The third-order valence-corrected chi connectivity index (χ3v) is 3.80. The average Bonchev–Trinajstić information content (AvgIpc) is 2.39. The van der Waals surface area contributed by atoms with Gasteiger partial charge >= 0.3 is 0 Å². The molecule has 100 valence electrons. The van der Waals surface area contributed by atoms with Gasteiger partial charge in [0.25, 0.3) is 0 Å². The normalized spacial score (nSPS) is 12.4. The van der Waals surface area contributed by atoms with E-state index in [2.05, 4.69) is 21.4 Å². The quantitative estimate of drug-likeness (QED) is 0.666. The first-order chi connectivity index (χ1) is 9.11. The Kier molecular flexibility index (Phi) is 4.69. The maximum Gasteiger partial charge on any atom is 0.129 e. The number of hydrogen-bond acceptors (Lipinski definition) is 2. The van der Waals surface area contributed by atoms with Crippen LogP contribution in [0.15, 0.2) is 46.9 Å². The molecule has 4 heteroatoms. The molecule has 2 nitrogen and oxygen atoms in total. The molecule has 0 saturated heterocycles. The van der Waals surface area contributed by atoms with Crippen molar-refractivity contribution in [3.05, 3.63) is 69.4 Å². The highest BCUT2D eigenvalue weighted by molar-refractivity contribution is 9.10. The lowest BCUT2D eigenvalue weighted by atomic mass is 9.98. The van der Waals surface area contributed by atoms with Gasteiger partial charge in [-0.05, 0) is 31.0 Å². The number of hydrazine groups is 1. The summed E-state index contributed by atoms with van der Waals surface area (Å²) in [6.45, 7) is 2.04. The molecule has 0 spiro atoms. The van der Waals surface area contributed by atoms with Gasteiger partial charge in [0, 0.05) is 10.0 Å². The monoisotopic (exact) mass is 322 g/mol. The molecule has 1 atom stereocenters. The Morgan fingerprint density at radius 2 is 1.89 bits per heavy atom. The fourth-order valence-electron chi connectivity index (χ4n) is 2.05. The zero-order valence-electron chi connectivity index (χ0n) is 10.7. The summed E-state index contributed by atoms with van der Waals surface area (Å²) in [4.78, 5) is 0. The molecule has 0 bridgehead atoms. The molecule has 1 unspecified atom stereocenters. The lowest BCUT2D eigenvalue weighted by Gasteiger charge is -2.18. The molecule has 2 rings (SSSR count). The molecule has 0 aliphatic heterocycles. The van der Waals surface area contributed by atoms with Crippen LogP contribution in [0.25, 0.3) is 0 Å². The number of aryl methyl sites for hydroxylation is 1. The molecular weight excluding hydrogens is 307 g/mol. The van der Waals surface area contributed by atoms with Crippen molar-refractivity contribution in [1.82, 2.24) is 5.43 Å².